The van der Waals surface area contributed by atoms with Crippen molar-refractivity contribution in [1.29, 1.82) is 0 Å². The molecule has 1 aliphatic rings. The van der Waals surface area contributed by atoms with Crippen molar-refractivity contribution in [3.8, 4) is 0 Å². The molecular weight excluding hydrogens is 217 g/mol. The van der Waals surface area contributed by atoms with Gasteiger partial charge in [-0.15, -0.1) is 0 Å². The van der Waals surface area contributed by atoms with Gasteiger partial charge in [0.15, 0.2) is 0 Å². The predicted octanol–water partition coefficient (Wildman–Crippen LogP) is 2.52. The summed E-state index contributed by atoms with van der Waals surface area (Å²) in [5.41, 5.74) is 6.48. The molecule has 1 fully saturated rings. The lowest BCUT2D eigenvalue weighted by molar-refractivity contribution is 0.0925. The van der Waals surface area contributed by atoms with Gasteiger partial charge in [-0.3, -0.25) is 0 Å². The Kier molecular flexibility index (Phi) is 3.24. The van der Waals surface area contributed by atoms with Crippen molar-refractivity contribution in [2.45, 2.75) is 12.5 Å². The van der Waals surface area contributed by atoms with Crippen LogP contribution in [-0.2, 0) is 4.74 Å². The van der Waals surface area contributed by atoms with Crippen molar-refractivity contribution in [1.82, 2.24) is 0 Å². The molecule has 1 heterocycles. The van der Waals surface area contributed by atoms with E-state index in [1.54, 1.807) is 6.07 Å². The van der Waals surface area contributed by atoms with Gasteiger partial charge in [0.25, 0.3) is 0 Å². The highest BCUT2D eigenvalue weighted by Gasteiger charge is 2.29. The summed E-state index contributed by atoms with van der Waals surface area (Å²) in [6.45, 7) is 1.26. The molecule has 1 aromatic carbocycles. The van der Waals surface area contributed by atoms with E-state index >= 15 is 0 Å². The van der Waals surface area contributed by atoms with Crippen molar-refractivity contribution in [2.75, 3.05) is 13.2 Å². The molecule has 0 spiro atoms. The third kappa shape index (κ3) is 2.14. The average Bonchev–Trinajstić information content (AvgIpc) is 2.65. The lowest BCUT2D eigenvalue weighted by Gasteiger charge is -2.18. The Labute approximate surface area is 93.2 Å². The normalized spacial score (nSPS) is 25.8. The van der Waals surface area contributed by atoms with Crippen molar-refractivity contribution in [3.05, 3.63) is 34.6 Å². The van der Waals surface area contributed by atoms with Gasteiger partial charge in [0, 0.05) is 17.5 Å². The summed E-state index contributed by atoms with van der Waals surface area (Å²) in [5, 5.41) is 0.417. The zero-order chi connectivity index (χ0) is 10.8. The largest absolute Gasteiger partial charge is 0.373 e. The molecule has 2 nitrogen and oxygen atoms in total. The maximum atomic E-state index is 12.9. The van der Waals surface area contributed by atoms with Crippen molar-refractivity contribution in [2.24, 2.45) is 11.7 Å². The van der Waals surface area contributed by atoms with Gasteiger partial charge < -0.3 is 10.5 Å². The summed E-state index contributed by atoms with van der Waals surface area (Å²) in [7, 11) is 0. The van der Waals surface area contributed by atoms with E-state index in [9.17, 15) is 4.39 Å². The molecule has 2 rings (SSSR count). The van der Waals surface area contributed by atoms with Crippen LogP contribution in [0.15, 0.2) is 18.2 Å². The van der Waals surface area contributed by atoms with E-state index in [1.165, 1.54) is 12.1 Å². The topological polar surface area (TPSA) is 35.2 Å². The summed E-state index contributed by atoms with van der Waals surface area (Å²) in [4.78, 5) is 0. The minimum Gasteiger partial charge on any atom is -0.373 e. The fourth-order valence-electron chi connectivity index (χ4n) is 1.95. The first-order chi connectivity index (χ1) is 7.22. The molecule has 0 saturated carbocycles. The predicted molar refractivity (Wildman–Crippen MR) is 57.3 cm³/mol. The van der Waals surface area contributed by atoms with Gasteiger partial charge >= 0.3 is 0 Å². The van der Waals surface area contributed by atoms with Crippen LogP contribution < -0.4 is 5.73 Å². The zero-order valence-electron chi connectivity index (χ0n) is 8.25. The summed E-state index contributed by atoms with van der Waals surface area (Å²) < 4.78 is 18.4. The first-order valence-electron chi connectivity index (χ1n) is 4.99. The highest BCUT2D eigenvalue weighted by Crippen LogP contribution is 2.37. The van der Waals surface area contributed by atoms with E-state index in [0.29, 0.717) is 18.2 Å². The lowest BCUT2D eigenvalue weighted by Crippen LogP contribution is -2.18. The molecular formula is C11H13ClFNO. The number of hydrogen-bond acceptors (Lipinski definition) is 2. The highest BCUT2D eigenvalue weighted by molar-refractivity contribution is 6.31. The van der Waals surface area contributed by atoms with E-state index in [-0.39, 0.29) is 17.8 Å². The molecule has 0 aliphatic carbocycles. The molecule has 1 aliphatic heterocycles. The summed E-state index contributed by atoms with van der Waals surface area (Å²) in [5.74, 6) is -0.0426. The van der Waals surface area contributed by atoms with E-state index < -0.39 is 0 Å². The first kappa shape index (κ1) is 10.9. The van der Waals surface area contributed by atoms with Crippen LogP contribution in [0, 0.1) is 11.7 Å². The van der Waals surface area contributed by atoms with Crippen LogP contribution in [0.25, 0.3) is 0 Å². The first-order valence-corrected chi connectivity index (χ1v) is 5.37. The minimum atomic E-state index is -0.328. The van der Waals surface area contributed by atoms with Crippen LogP contribution in [0.4, 0.5) is 4.39 Å². The van der Waals surface area contributed by atoms with Gasteiger partial charge in [0.1, 0.15) is 5.82 Å². The second-order valence-corrected chi connectivity index (χ2v) is 4.15. The fourth-order valence-corrected chi connectivity index (χ4v) is 2.23. The van der Waals surface area contributed by atoms with Crippen molar-refractivity contribution in [3.63, 3.8) is 0 Å². The lowest BCUT2D eigenvalue weighted by atomic mass is 9.95. The smallest absolute Gasteiger partial charge is 0.124 e. The summed E-state index contributed by atoms with van der Waals surface area (Å²) in [6.07, 6.45) is 0.859. The SMILES string of the molecule is NCC1CCOC1c1ccc(F)cc1Cl. The number of hydrogen-bond donors (Lipinski definition) is 1. The molecule has 0 aromatic heterocycles. The number of ether oxygens (including phenoxy) is 1. The number of nitrogens with two attached hydrogens (primary N) is 1. The Morgan fingerprint density at radius 1 is 1.53 bits per heavy atom. The maximum Gasteiger partial charge on any atom is 0.124 e. The van der Waals surface area contributed by atoms with Gasteiger partial charge in [-0.2, -0.15) is 0 Å². The Bertz CT molecular complexity index is 358. The minimum absolute atomic E-state index is 0.0805. The number of benzene rings is 1. The molecule has 0 radical (unpaired) electrons. The summed E-state index contributed by atoms with van der Waals surface area (Å²) in [6, 6.07) is 4.39. The van der Waals surface area contributed by atoms with Crippen molar-refractivity contribution >= 4 is 11.6 Å². The standard InChI is InChI=1S/C11H13ClFNO/c12-10-5-8(13)1-2-9(10)11-7(6-14)3-4-15-11/h1-2,5,7,11H,3-4,6,14H2. The zero-order valence-corrected chi connectivity index (χ0v) is 9.01. The van der Waals surface area contributed by atoms with Gasteiger partial charge in [0.2, 0.25) is 0 Å². The molecule has 2 unspecified atom stereocenters. The molecule has 4 heteroatoms. The maximum absolute atomic E-state index is 12.9. The quantitative estimate of drug-likeness (QED) is 0.846. The third-order valence-corrected chi connectivity index (χ3v) is 3.11. The fraction of sp³-hybridized carbons (Fsp3) is 0.455. The monoisotopic (exact) mass is 229 g/mol. The second-order valence-electron chi connectivity index (χ2n) is 3.74. The van der Waals surface area contributed by atoms with Crippen LogP contribution >= 0.6 is 11.6 Å². The van der Waals surface area contributed by atoms with Gasteiger partial charge in [-0.05, 0) is 30.7 Å². The van der Waals surface area contributed by atoms with Crippen LogP contribution in [-0.4, -0.2) is 13.2 Å². The van der Waals surface area contributed by atoms with Gasteiger partial charge in [-0.25, -0.2) is 4.39 Å². The van der Waals surface area contributed by atoms with E-state index in [2.05, 4.69) is 0 Å². The Hall–Kier alpha value is -0.640. The van der Waals surface area contributed by atoms with Crippen LogP contribution in [0.1, 0.15) is 18.1 Å². The molecule has 0 bridgehead atoms. The molecule has 82 valence electrons. The van der Waals surface area contributed by atoms with Gasteiger partial charge in [0.05, 0.1) is 6.10 Å². The Balaban J connectivity index is 2.28. The summed E-state index contributed by atoms with van der Waals surface area (Å²) >= 11 is 5.97. The number of rotatable bonds is 2. The van der Waals surface area contributed by atoms with Crippen molar-refractivity contribution < 1.29 is 9.13 Å². The van der Waals surface area contributed by atoms with Crippen LogP contribution in [0.3, 0.4) is 0 Å². The Morgan fingerprint density at radius 3 is 3.00 bits per heavy atom. The second kappa shape index (κ2) is 4.47. The third-order valence-electron chi connectivity index (χ3n) is 2.79. The number of halogens is 2. The Morgan fingerprint density at radius 2 is 2.33 bits per heavy atom. The van der Waals surface area contributed by atoms with E-state index in [4.69, 9.17) is 22.1 Å². The van der Waals surface area contributed by atoms with Gasteiger partial charge in [-0.1, -0.05) is 17.7 Å². The highest BCUT2D eigenvalue weighted by atomic mass is 35.5. The van der Waals surface area contributed by atoms with Crippen LogP contribution in [0.5, 0.6) is 0 Å². The molecule has 0 amide bonds. The molecule has 15 heavy (non-hydrogen) atoms. The molecule has 2 atom stereocenters. The van der Waals surface area contributed by atoms with E-state index in [0.717, 1.165) is 12.0 Å². The van der Waals surface area contributed by atoms with Crippen LogP contribution in [0.2, 0.25) is 5.02 Å². The molecule has 1 saturated heterocycles. The van der Waals surface area contributed by atoms with E-state index in [1.807, 2.05) is 0 Å². The molecule has 1 aromatic rings. The molecule has 2 N–H and O–H groups in total. The average molecular weight is 230 g/mol.